The molecule has 0 fully saturated rings. The highest BCUT2D eigenvalue weighted by atomic mass is 16.5. The highest BCUT2D eigenvalue weighted by Crippen LogP contribution is 2.18. The number of anilines is 1. The van der Waals surface area contributed by atoms with Gasteiger partial charge >= 0.3 is 5.97 Å². The van der Waals surface area contributed by atoms with E-state index in [0.29, 0.717) is 11.3 Å². The van der Waals surface area contributed by atoms with Gasteiger partial charge in [0.1, 0.15) is 12.4 Å². The van der Waals surface area contributed by atoms with E-state index in [0.717, 1.165) is 11.1 Å². The maximum atomic E-state index is 12.0. The average molecular weight is 257 g/mol. The number of carbonyl (C=O) groups excluding carboxylic acids is 1. The molecule has 2 aromatic carbocycles. The van der Waals surface area contributed by atoms with Gasteiger partial charge in [-0.15, -0.1) is 0 Å². The number of nitrogens with two attached hydrogens (primary N) is 1. The van der Waals surface area contributed by atoms with Crippen LogP contribution in [0.1, 0.15) is 21.5 Å². The standard InChI is InChI=1S/C15H15NO3/c1-10-3-2-4-13(16)14(10)15(18)19-9-11-5-7-12(17)8-6-11/h2-8,17H,9,16H2,1H3. The fourth-order valence-corrected chi connectivity index (χ4v) is 1.78. The Morgan fingerprint density at radius 1 is 1.21 bits per heavy atom. The van der Waals surface area contributed by atoms with Crippen LogP contribution >= 0.6 is 0 Å². The summed E-state index contributed by atoms with van der Waals surface area (Å²) in [7, 11) is 0. The summed E-state index contributed by atoms with van der Waals surface area (Å²) in [5.74, 6) is -0.262. The van der Waals surface area contributed by atoms with Crippen LogP contribution in [0.2, 0.25) is 0 Å². The normalized spacial score (nSPS) is 10.2. The monoisotopic (exact) mass is 257 g/mol. The molecule has 19 heavy (non-hydrogen) atoms. The molecule has 0 spiro atoms. The number of carbonyl (C=O) groups is 1. The zero-order valence-corrected chi connectivity index (χ0v) is 10.6. The first-order chi connectivity index (χ1) is 9.08. The van der Waals surface area contributed by atoms with Crippen LogP contribution in [0.15, 0.2) is 42.5 Å². The van der Waals surface area contributed by atoms with E-state index in [-0.39, 0.29) is 12.4 Å². The van der Waals surface area contributed by atoms with Crippen molar-refractivity contribution in [1.82, 2.24) is 0 Å². The van der Waals surface area contributed by atoms with E-state index in [2.05, 4.69) is 0 Å². The molecule has 0 saturated heterocycles. The molecule has 0 aromatic heterocycles. The van der Waals surface area contributed by atoms with Gasteiger partial charge in [-0.1, -0.05) is 24.3 Å². The topological polar surface area (TPSA) is 72.6 Å². The number of phenols is 1. The lowest BCUT2D eigenvalue weighted by molar-refractivity contribution is 0.0473. The molecule has 0 saturated carbocycles. The van der Waals surface area contributed by atoms with Crippen molar-refractivity contribution in [3.8, 4) is 5.75 Å². The van der Waals surface area contributed by atoms with Gasteiger partial charge in [0.25, 0.3) is 0 Å². The van der Waals surface area contributed by atoms with E-state index in [9.17, 15) is 4.79 Å². The van der Waals surface area contributed by atoms with Gasteiger partial charge in [0.05, 0.1) is 5.56 Å². The van der Waals surface area contributed by atoms with Crippen LogP contribution in [-0.2, 0) is 11.3 Å². The molecule has 2 aromatic rings. The number of ether oxygens (including phenoxy) is 1. The number of hydrogen-bond donors (Lipinski definition) is 2. The zero-order valence-electron chi connectivity index (χ0n) is 10.6. The summed E-state index contributed by atoms with van der Waals surface area (Å²) < 4.78 is 5.22. The van der Waals surface area contributed by atoms with Crippen molar-refractivity contribution in [2.45, 2.75) is 13.5 Å². The third kappa shape index (κ3) is 3.04. The molecular formula is C15H15NO3. The second kappa shape index (κ2) is 5.44. The second-order valence-corrected chi connectivity index (χ2v) is 4.28. The summed E-state index contributed by atoms with van der Waals surface area (Å²) in [5.41, 5.74) is 8.19. The summed E-state index contributed by atoms with van der Waals surface area (Å²) in [6, 6.07) is 11.8. The maximum Gasteiger partial charge on any atom is 0.340 e. The summed E-state index contributed by atoms with van der Waals surface area (Å²) in [5, 5.41) is 9.16. The summed E-state index contributed by atoms with van der Waals surface area (Å²) in [6.45, 7) is 1.96. The van der Waals surface area contributed by atoms with E-state index in [4.69, 9.17) is 15.6 Å². The molecule has 0 radical (unpaired) electrons. The largest absolute Gasteiger partial charge is 0.508 e. The fraction of sp³-hybridized carbons (Fsp3) is 0.133. The molecule has 4 heteroatoms. The number of rotatable bonds is 3. The Morgan fingerprint density at radius 2 is 1.89 bits per heavy atom. The molecule has 0 aliphatic heterocycles. The van der Waals surface area contributed by atoms with E-state index in [1.807, 2.05) is 13.0 Å². The van der Waals surface area contributed by atoms with Crippen molar-refractivity contribution < 1.29 is 14.6 Å². The van der Waals surface area contributed by atoms with Crippen LogP contribution in [0, 0.1) is 6.92 Å². The minimum atomic E-state index is -0.441. The Balaban J connectivity index is 2.07. The molecule has 4 nitrogen and oxygen atoms in total. The number of aromatic hydroxyl groups is 1. The Hall–Kier alpha value is -2.49. The van der Waals surface area contributed by atoms with Crippen molar-refractivity contribution in [2.24, 2.45) is 0 Å². The third-order valence-corrected chi connectivity index (χ3v) is 2.82. The first kappa shape index (κ1) is 13.0. The molecule has 0 atom stereocenters. The molecule has 2 rings (SSSR count). The minimum Gasteiger partial charge on any atom is -0.508 e. The molecule has 0 bridgehead atoms. The van der Waals surface area contributed by atoms with Crippen molar-refractivity contribution >= 4 is 11.7 Å². The van der Waals surface area contributed by atoms with E-state index in [1.54, 1.807) is 36.4 Å². The van der Waals surface area contributed by atoms with E-state index < -0.39 is 5.97 Å². The molecule has 0 aliphatic rings. The van der Waals surface area contributed by atoms with Gasteiger partial charge < -0.3 is 15.6 Å². The third-order valence-electron chi connectivity index (χ3n) is 2.82. The quantitative estimate of drug-likeness (QED) is 0.655. The van der Waals surface area contributed by atoms with Crippen molar-refractivity contribution in [3.05, 3.63) is 59.2 Å². The van der Waals surface area contributed by atoms with Gasteiger partial charge in [-0.2, -0.15) is 0 Å². The number of phenolic OH excluding ortho intramolecular Hbond substituents is 1. The van der Waals surface area contributed by atoms with Gasteiger partial charge in [0.15, 0.2) is 0 Å². The van der Waals surface area contributed by atoms with Crippen molar-refractivity contribution in [1.29, 1.82) is 0 Å². The molecular weight excluding hydrogens is 242 g/mol. The van der Waals surface area contributed by atoms with Gasteiger partial charge in [0.2, 0.25) is 0 Å². The SMILES string of the molecule is Cc1cccc(N)c1C(=O)OCc1ccc(O)cc1. The lowest BCUT2D eigenvalue weighted by Gasteiger charge is -2.09. The first-order valence-corrected chi connectivity index (χ1v) is 5.88. The minimum absolute atomic E-state index is 0.146. The van der Waals surface area contributed by atoms with Gasteiger partial charge in [-0.05, 0) is 36.2 Å². The average Bonchev–Trinajstić information content (AvgIpc) is 2.38. The molecule has 0 amide bonds. The highest BCUT2D eigenvalue weighted by molar-refractivity contribution is 5.96. The number of hydrogen-bond acceptors (Lipinski definition) is 4. The number of benzene rings is 2. The van der Waals surface area contributed by atoms with Crippen LogP contribution in [0.25, 0.3) is 0 Å². The highest BCUT2D eigenvalue weighted by Gasteiger charge is 2.13. The fourth-order valence-electron chi connectivity index (χ4n) is 1.78. The van der Waals surface area contributed by atoms with Crippen LogP contribution < -0.4 is 5.73 Å². The Labute approximate surface area is 111 Å². The molecule has 98 valence electrons. The number of nitrogen functional groups attached to an aromatic ring is 1. The molecule has 0 unspecified atom stereocenters. The summed E-state index contributed by atoms with van der Waals surface area (Å²) in [4.78, 5) is 12.0. The predicted molar refractivity (Wildman–Crippen MR) is 72.8 cm³/mol. The Morgan fingerprint density at radius 3 is 2.53 bits per heavy atom. The Bertz CT molecular complexity index is 571. The van der Waals surface area contributed by atoms with Gasteiger partial charge in [-0.3, -0.25) is 0 Å². The first-order valence-electron chi connectivity index (χ1n) is 5.88. The second-order valence-electron chi connectivity index (χ2n) is 4.28. The van der Waals surface area contributed by atoms with Crippen LogP contribution in [0.4, 0.5) is 5.69 Å². The predicted octanol–water partition coefficient (Wildman–Crippen LogP) is 2.64. The number of aryl methyl sites for hydroxylation is 1. The van der Waals surface area contributed by atoms with Crippen molar-refractivity contribution in [2.75, 3.05) is 5.73 Å². The van der Waals surface area contributed by atoms with Crippen LogP contribution in [0.3, 0.4) is 0 Å². The van der Waals surface area contributed by atoms with Crippen molar-refractivity contribution in [3.63, 3.8) is 0 Å². The maximum absolute atomic E-state index is 12.0. The Kier molecular flexibility index (Phi) is 3.71. The summed E-state index contributed by atoms with van der Waals surface area (Å²) >= 11 is 0. The summed E-state index contributed by atoms with van der Waals surface area (Å²) in [6.07, 6.45) is 0. The molecule has 0 aliphatic carbocycles. The zero-order chi connectivity index (χ0) is 13.8. The van der Waals surface area contributed by atoms with E-state index >= 15 is 0 Å². The molecule has 0 heterocycles. The van der Waals surface area contributed by atoms with Gasteiger partial charge in [-0.25, -0.2) is 4.79 Å². The lowest BCUT2D eigenvalue weighted by atomic mass is 10.1. The molecule has 3 N–H and O–H groups in total. The van der Waals surface area contributed by atoms with Crippen LogP contribution in [-0.4, -0.2) is 11.1 Å². The van der Waals surface area contributed by atoms with Gasteiger partial charge in [0, 0.05) is 5.69 Å². The van der Waals surface area contributed by atoms with E-state index in [1.165, 1.54) is 0 Å². The lowest BCUT2D eigenvalue weighted by Crippen LogP contribution is -2.10. The van der Waals surface area contributed by atoms with Crippen LogP contribution in [0.5, 0.6) is 5.75 Å². The number of esters is 1. The smallest absolute Gasteiger partial charge is 0.340 e.